The topological polar surface area (TPSA) is 109 Å². The van der Waals surface area contributed by atoms with Crippen molar-refractivity contribution in [3.05, 3.63) is 36.9 Å². The van der Waals surface area contributed by atoms with Gasteiger partial charge in [0.15, 0.2) is 12.5 Å². The summed E-state index contributed by atoms with van der Waals surface area (Å²) < 4.78 is 41.0. The highest BCUT2D eigenvalue weighted by atomic mass is 35.7. The van der Waals surface area contributed by atoms with Crippen molar-refractivity contribution in [2.24, 2.45) is 0 Å². The number of halogens is 1. The van der Waals surface area contributed by atoms with Crippen LogP contribution < -0.4 is 23.0 Å². The van der Waals surface area contributed by atoms with Crippen LogP contribution in [-0.2, 0) is 0 Å². The fourth-order valence-electron chi connectivity index (χ4n) is 0.829. The van der Waals surface area contributed by atoms with Gasteiger partial charge < -0.3 is 4.42 Å². The van der Waals surface area contributed by atoms with E-state index >= 15 is 0 Å². The molecule has 2 aromatic rings. The van der Waals surface area contributed by atoms with Crippen LogP contribution in [0, 0.1) is 10.2 Å². The second-order valence-corrected chi connectivity index (χ2v) is 2.98. The first kappa shape index (κ1) is 10.9. The summed E-state index contributed by atoms with van der Waals surface area (Å²) in [6.45, 7) is 0. The molecule has 0 aliphatic carbocycles. The SMILES string of the molecule is [O-][Cl+3]([O-])([O-])[O-].c1cc[n+]2ccoc2c1. The number of hydrogen-bond donors (Lipinski definition) is 0. The number of pyridine rings is 1. The standard InChI is InChI=1S/C7H6NO.ClHO4/c1-2-4-8-5-6-9-7(8)3-1;2-1(3,4)5/h1-6H;(H,2,3,4,5)/q+1;/p-1. The van der Waals surface area contributed by atoms with Gasteiger partial charge in [0.1, 0.15) is 0 Å². The summed E-state index contributed by atoms with van der Waals surface area (Å²) in [5.74, 6) is 0. The molecule has 7 heteroatoms. The van der Waals surface area contributed by atoms with Crippen molar-refractivity contribution in [1.82, 2.24) is 0 Å². The van der Waals surface area contributed by atoms with Crippen LogP contribution in [0.25, 0.3) is 5.71 Å². The molecule has 2 aromatic heterocycles. The van der Waals surface area contributed by atoms with Crippen molar-refractivity contribution in [3.8, 4) is 0 Å². The van der Waals surface area contributed by atoms with Gasteiger partial charge in [-0.3, -0.25) is 0 Å². The van der Waals surface area contributed by atoms with Crippen LogP contribution in [0.2, 0.25) is 0 Å². The van der Waals surface area contributed by atoms with Crippen molar-refractivity contribution < 1.29 is 37.7 Å². The Kier molecular flexibility index (Phi) is 3.39. The predicted octanol–water partition coefficient (Wildman–Crippen LogP) is -3.74. The minimum Gasteiger partial charge on any atom is -0.406 e. The Morgan fingerprint density at radius 2 is 1.71 bits per heavy atom. The zero-order valence-electron chi connectivity index (χ0n) is 6.83. The lowest BCUT2D eigenvalue weighted by molar-refractivity contribution is -2.00. The van der Waals surface area contributed by atoms with Crippen LogP contribution in [0.1, 0.15) is 0 Å². The molecule has 0 aromatic carbocycles. The van der Waals surface area contributed by atoms with Gasteiger partial charge in [0.2, 0.25) is 6.20 Å². The van der Waals surface area contributed by atoms with Crippen molar-refractivity contribution >= 4 is 5.71 Å². The summed E-state index contributed by atoms with van der Waals surface area (Å²) >= 11 is 0. The highest BCUT2D eigenvalue weighted by Crippen LogP contribution is 1.92. The van der Waals surface area contributed by atoms with E-state index in [4.69, 9.17) is 23.1 Å². The fraction of sp³-hybridized carbons (Fsp3) is 0. The van der Waals surface area contributed by atoms with E-state index in [2.05, 4.69) is 0 Å². The molecular formula is C7H6ClNO5. The molecule has 0 aliphatic rings. The minimum atomic E-state index is -4.94. The maximum atomic E-state index is 8.49. The van der Waals surface area contributed by atoms with Crippen molar-refractivity contribution in [2.75, 3.05) is 0 Å². The monoisotopic (exact) mass is 219 g/mol. The zero-order valence-corrected chi connectivity index (χ0v) is 7.59. The fourth-order valence-corrected chi connectivity index (χ4v) is 0.829. The van der Waals surface area contributed by atoms with E-state index in [0.29, 0.717) is 0 Å². The van der Waals surface area contributed by atoms with E-state index in [1.807, 2.05) is 35.0 Å². The molecule has 0 N–H and O–H groups in total. The Morgan fingerprint density at radius 1 is 1.07 bits per heavy atom. The molecule has 0 saturated heterocycles. The number of aromatic nitrogens is 1. The molecule has 0 bridgehead atoms. The normalized spacial score (nSPS) is 10.9. The zero-order chi connectivity index (χ0) is 10.6. The Bertz CT molecular complexity index is 360. The third-order valence-electron chi connectivity index (χ3n) is 1.26. The van der Waals surface area contributed by atoms with Gasteiger partial charge in [0.05, 0.1) is 6.07 Å². The van der Waals surface area contributed by atoms with Crippen LogP contribution in [-0.4, -0.2) is 0 Å². The molecular weight excluding hydrogens is 214 g/mol. The molecule has 76 valence electrons. The summed E-state index contributed by atoms with van der Waals surface area (Å²) in [6.07, 6.45) is 5.48. The first-order chi connectivity index (χ1) is 6.47. The molecule has 0 aliphatic heterocycles. The van der Waals surface area contributed by atoms with E-state index in [0.717, 1.165) is 5.71 Å². The predicted molar refractivity (Wildman–Crippen MR) is 31.9 cm³/mol. The Labute approximate surface area is 81.0 Å². The lowest BCUT2D eigenvalue weighted by Gasteiger charge is -2.17. The highest BCUT2D eigenvalue weighted by Gasteiger charge is 1.98. The smallest absolute Gasteiger partial charge is 0.378 e. The quantitative estimate of drug-likeness (QED) is 0.423. The molecule has 0 radical (unpaired) electrons. The van der Waals surface area contributed by atoms with Crippen LogP contribution >= 0.6 is 0 Å². The first-order valence-corrected chi connectivity index (χ1v) is 4.65. The number of nitrogens with zero attached hydrogens (tertiary/aromatic N) is 1. The van der Waals surface area contributed by atoms with E-state index in [1.54, 1.807) is 6.26 Å². The number of oxazole rings is 1. The average Bonchev–Trinajstić information content (AvgIpc) is 2.47. The second kappa shape index (κ2) is 4.36. The summed E-state index contributed by atoms with van der Waals surface area (Å²) in [5, 5.41) is 0. The van der Waals surface area contributed by atoms with Crippen LogP contribution in [0.3, 0.4) is 0 Å². The lowest BCUT2D eigenvalue weighted by Crippen LogP contribution is -2.68. The van der Waals surface area contributed by atoms with Gasteiger partial charge in [-0.25, -0.2) is 18.6 Å². The number of fused-ring (bicyclic) bond motifs is 1. The summed E-state index contributed by atoms with van der Waals surface area (Å²) in [5.41, 5.74) is 0.873. The molecule has 0 unspecified atom stereocenters. The first-order valence-electron chi connectivity index (χ1n) is 3.42. The van der Waals surface area contributed by atoms with Crippen LogP contribution in [0.5, 0.6) is 0 Å². The Balaban J connectivity index is 0.000000171. The van der Waals surface area contributed by atoms with Gasteiger partial charge in [-0.2, -0.15) is 0 Å². The summed E-state index contributed by atoms with van der Waals surface area (Å²) in [6, 6.07) is 5.82. The Morgan fingerprint density at radius 3 is 2.29 bits per heavy atom. The van der Waals surface area contributed by atoms with Gasteiger partial charge in [-0.05, 0) is 6.07 Å². The maximum Gasteiger partial charge on any atom is 0.378 e. The van der Waals surface area contributed by atoms with E-state index < -0.39 is 10.2 Å². The minimum absolute atomic E-state index is 0.873. The van der Waals surface area contributed by atoms with E-state index in [1.165, 1.54) is 0 Å². The van der Waals surface area contributed by atoms with Crippen LogP contribution in [0.15, 0.2) is 41.3 Å². The third-order valence-corrected chi connectivity index (χ3v) is 1.26. The molecule has 0 fully saturated rings. The maximum absolute atomic E-state index is 8.49. The van der Waals surface area contributed by atoms with Crippen LogP contribution in [0.4, 0.5) is 0 Å². The van der Waals surface area contributed by atoms with Gasteiger partial charge in [0, 0.05) is 6.07 Å². The molecule has 14 heavy (non-hydrogen) atoms. The summed E-state index contributed by atoms with van der Waals surface area (Å²) in [7, 11) is -4.94. The lowest BCUT2D eigenvalue weighted by atomic mass is 10.5. The van der Waals surface area contributed by atoms with Crippen molar-refractivity contribution in [1.29, 1.82) is 0 Å². The molecule has 0 spiro atoms. The molecule has 2 heterocycles. The van der Waals surface area contributed by atoms with Gasteiger partial charge in [0.25, 0.3) is 0 Å². The molecule has 0 atom stereocenters. The van der Waals surface area contributed by atoms with E-state index in [9.17, 15) is 0 Å². The highest BCUT2D eigenvalue weighted by molar-refractivity contribution is 5.21. The van der Waals surface area contributed by atoms with Crippen molar-refractivity contribution in [3.63, 3.8) is 0 Å². The average molecular weight is 220 g/mol. The molecule has 0 amide bonds. The number of rotatable bonds is 0. The largest absolute Gasteiger partial charge is 0.406 e. The van der Waals surface area contributed by atoms with E-state index in [-0.39, 0.29) is 0 Å². The van der Waals surface area contributed by atoms with Gasteiger partial charge in [-0.15, -0.1) is 14.6 Å². The second-order valence-electron chi connectivity index (χ2n) is 2.23. The molecule has 6 nitrogen and oxygen atoms in total. The third kappa shape index (κ3) is 4.17. The Hall–Kier alpha value is -1.18. The number of hydrogen-bond acceptors (Lipinski definition) is 5. The molecule has 2 rings (SSSR count). The summed E-state index contributed by atoms with van der Waals surface area (Å²) in [4.78, 5) is 0. The molecule has 0 saturated carbocycles. The van der Waals surface area contributed by atoms with Gasteiger partial charge in [-0.1, -0.05) is 0 Å². The van der Waals surface area contributed by atoms with Gasteiger partial charge >= 0.3 is 5.71 Å². The van der Waals surface area contributed by atoms with Crippen molar-refractivity contribution in [2.45, 2.75) is 0 Å².